The molecule has 0 radical (unpaired) electrons. The van der Waals surface area contributed by atoms with E-state index in [2.05, 4.69) is 25.9 Å². The van der Waals surface area contributed by atoms with Gasteiger partial charge in [-0.1, -0.05) is 0 Å². The van der Waals surface area contributed by atoms with Crippen molar-refractivity contribution in [2.24, 2.45) is 0 Å². The fraction of sp³-hybridized carbons (Fsp3) is 0.667. The molecule has 18 heavy (non-hydrogen) atoms. The fourth-order valence-corrected chi connectivity index (χ4v) is 2.71. The van der Waals surface area contributed by atoms with Crippen LogP contribution in [0.3, 0.4) is 0 Å². The minimum absolute atomic E-state index is 0.378. The summed E-state index contributed by atoms with van der Waals surface area (Å²) in [5, 5.41) is 0. The van der Waals surface area contributed by atoms with E-state index >= 15 is 0 Å². The van der Waals surface area contributed by atoms with Crippen molar-refractivity contribution in [2.45, 2.75) is 37.9 Å². The predicted octanol–water partition coefficient (Wildman–Crippen LogP) is 2.38. The number of halogens is 1. The minimum atomic E-state index is -0.378. The summed E-state index contributed by atoms with van der Waals surface area (Å²) in [5.41, 5.74) is 6.31. The molecule has 1 aliphatic carbocycles. The first-order valence-corrected chi connectivity index (χ1v) is 6.79. The summed E-state index contributed by atoms with van der Waals surface area (Å²) < 4.78 is 11.5. The smallest absolute Gasteiger partial charge is 0.163 e. The molecule has 0 unspecified atom stereocenters. The Balaban J connectivity index is 2.44. The van der Waals surface area contributed by atoms with Gasteiger partial charge in [0.15, 0.2) is 5.82 Å². The highest BCUT2D eigenvalue weighted by Crippen LogP contribution is 2.41. The zero-order valence-corrected chi connectivity index (χ0v) is 12.3. The van der Waals surface area contributed by atoms with Gasteiger partial charge >= 0.3 is 0 Å². The molecule has 1 aromatic rings. The minimum Gasteiger partial charge on any atom is -0.383 e. The lowest BCUT2D eigenvalue weighted by Gasteiger charge is -2.26. The third kappa shape index (κ3) is 2.37. The molecule has 0 spiro atoms. The van der Waals surface area contributed by atoms with Crippen molar-refractivity contribution >= 4 is 21.7 Å². The topological polar surface area (TPSA) is 70.3 Å². The highest BCUT2D eigenvalue weighted by molar-refractivity contribution is 9.10. The zero-order valence-electron chi connectivity index (χ0n) is 10.7. The van der Waals surface area contributed by atoms with Crippen molar-refractivity contribution in [1.82, 2.24) is 9.97 Å². The van der Waals surface area contributed by atoms with Crippen molar-refractivity contribution in [1.29, 1.82) is 0 Å². The van der Waals surface area contributed by atoms with Crippen LogP contribution in [0.4, 0.5) is 5.82 Å². The van der Waals surface area contributed by atoms with Gasteiger partial charge in [0.05, 0.1) is 16.8 Å². The van der Waals surface area contributed by atoms with E-state index in [1.165, 1.54) is 0 Å². The Kier molecular flexibility index (Phi) is 4.19. The number of nitrogens with two attached hydrogens (primary N) is 1. The summed E-state index contributed by atoms with van der Waals surface area (Å²) >= 11 is 3.39. The number of ether oxygens (including phenoxy) is 2. The average Bonchev–Trinajstić information content (AvgIpc) is 2.85. The Hall–Kier alpha value is -0.720. The van der Waals surface area contributed by atoms with Crippen LogP contribution < -0.4 is 5.73 Å². The monoisotopic (exact) mass is 315 g/mol. The van der Waals surface area contributed by atoms with Gasteiger partial charge in [0.25, 0.3) is 0 Å². The predicted molar refractivity (Wildman–Crippen MR) is 72.0 cm³/mol. The van der Waals surface area contributed by atoms with E-state index in [4.69, 9.17) is 15.2 Å². The van der Waals surface area contributed by atoms with E-state index in [9.17, 15) is 0 Å². The Bertz CT molecular complexity index is 434. The molecule has 0 bridgehead atoms. The largest absolute Gasteiger partial charge is 0.383 e. The van der Waals surface area contributed by atoms with Gasteiger partial charge in [-0.15, -0.1) is 0 Å². The van der Waals surface area contributed by atoms with Crippen molar-refractivity contribution in [2.75, 3.05) is 20.0 Å². The molecule has 6 heteroatoms. The van der Waals surface area contributed by atoms with Crippen LogP contribution in [0.15, 0.2) is 4.47 Å². The summed E-state index contributed by atoms with van der Waals surface area (Å²) in [6.45, 7) is 0.403. The van der Waals surface area contributed by atoms with Crippen LogP contribution in [0.2, 0.25) is 0 Å². The molecule has 0 aromatic carbocycles. The Morgan fingerprint density at radius 3 is 2.50 bits per heavy atom. The maximum Gasteiger partial charge on any atom is 0.163 e. The van der Waals surface area contributed by atoms with Crippen LogP contribution >= 0.6 is 15.9 Å². The number of nitrogens with zero attached hydrogens (tertiary/aromatic N) is 2. The van der Waals surface area contributed by atoms with E-state index in [1.54, 1.807) is 14.2 Å². The molecule has 100 valence electrons. The van der Waals surface area contributed by atoms with Gasteiger partial charge in [-0.2, -0.15) is 0 Å². The molecule has 0 saturated heterocycles. The van der Waals surface area contributed by atoms with E-state index in [-0.39, 0.29) is 5.60 Å². The number of methoxy groups -OCH3 is 2. The molecule has 1 fully saturated rings. The molecular weight excluding hydrogens is 298 g/mol. The van der Waals surface area contributed by atoms with Crippen molar-refractivity contribution in [3.63, 3.8) is 0 Å². The van der Waals surface area contributed by atoms with Crippen LogP contribution in [0, 0.1) is 0 Å². The third-order valence-electron chi connectivity index (χ3n) is 3.44. The maximum atomic E-state index is 5.92. The third-order valence-corrected chi connectivity index (χ3v) is 4.30. The van der Waals surface area contributed by atoms with Crippen LogP contribution in [0.25, 0.3) is 0 Å². The van der Waals surface area contributed by atoms with Gasteiger partial charge in [-0.25, -0.2) is 9.97 Å². The van der Waals surface area contributed by atoms with Gasteiger partial charge < -0.3 is 15.2 Å². The summed E-state index contributed by atoms with van der Waals surface area (Å²) in [6.07, 6.45) is 4.15. The second-order valence-electron chi connectivity index (χ2n) is 4.53. The number of hydrogen-bond acceptors (Lipinski definition) is 5. The molecule has 1 aliphatic rings. The standard InChI is InChI=1S/C12H18BrN3O2/c1-17-7-8-9(13)10(14)16-11(15-8)12(18-2)5-3-4-6-12/h3-7H2,1-2H3,(H2,14,15,16). The Morgan fingerprint density at radius 2 is 1.94 bits per heavy atom. The van der Waals surface area contributed by atoms with Crippen LogP contribution in [-0.2, 0) is 21.7 Å². The Labute approximate surface area is 115 Å². The Morgan fingerprint density at radius 1 is 1.28 bits per heavy atom. The number of nitrogen functional groups attached to an aromatic ring is 1. The summed E-state index contributed by atoms with van der Waals surface area (Å²) in [5.74, 6) is 1.12. The SMILES string of the molecule is COCc1nc(C2(OC)CCCC2)nc(N)c1Br. The first-order chi connectivity index (χ1) is 8.63. The molecule has 2 N–H and O–H groups in total. The van der Waals surface area contributed by atoms with E-state index in [0.29, 0.717) is 22.7 Å². The lowest BCUT2D eigenvalue weighted by atomic mass is 10.0. The second kappa shape index (κ2) is 5.50. The lowest BCUT2D eigenvalue weighted by Crippen LogP contribution is -2.28. The van der Waals surface area contributed by atoms with Gasteiger partial charge in [-0.3, -0.25) is 0 Å². The molecule has 1 aromatic heterocycles. The van der Waals surface area contributed by atoms with Crippen molar-refractivity contribution < 1.29 is 9.47 Å². The maximum absolute atomic E-state index is 5.92. The highest BCUT2D eigenvalue weighted by Gasteiger charge is 2.39. The molecule has 5 nitrogen and oxygen atoms in total. The van der Waals surface area contributed by atoms with E-state index in [1.807, 2.05) is 0 Å². The summed E-state index contributed by atoms with van der Waals surface area (Å²) in [7, 11) is 3.34. The van der Waals surface area contributed by atoms with Crippen molar-refractivity contribution in [3.8, 4) is 0 Å². The van der Waals surface area contributed by atoms with Gasteiger partial charge in [0, 0.05) is 14.2 Å². The number of aromatic nitrogens is 2. The summed E-state index contributed by atoms with van der Waals surface area (Å²) in [6, 6.07) is 0. The fourth-order valence-electron chi connectivity index (χ4n) is 2.41. The molecule has 2 rings (SSSR count). The molecule has 1 saturated carbocycles. The molecule has 0 amide bonds. The van der Waals surface area contributed by atoms with Gasteiger partial charge in [-0.05, 0) is 41.6 Å². The highest BCUT2D eigenvalue weighted by atomic mass is 79.9. The van der Waals surface area contributed by atoms with Crippen molar-refractivity contribution in [3.05, 3.63) is 16.0 Å². The first-order valence-electron chi connectivity index (χ1n) is 5.99. The number of rotatable bonds is 4. The van der Waals surface area contributed by atoms with E-state index < -0.39 is 0 Å². The van der Waals surface area contributed by atoms with Gasteiger partial charge in [0.1, 0.15) is 11.4 Å². The van der Waals surface area contributed by atoms with Crippen LogP contribution in [0.1, 0.15) is 37.2 Å². The van der Waals surface area contributed by atoms with Crippen LogP contribution in [-0.4, -0.2) is 24.2 Å². The van der Waals surface area contributed by atoms with Crippen LogP contribution in [0.5, 0.6) is 0 Å². The molecular formula is C12H18BrN3O2. The molecule has 0 atom stereocenters. The molecule has 0 aliphatic heterocycles. The first kappa shape index (κ1) is 13.7. The number of hydrogen-bond donors (Lipinski definition) is 1. The summed E-state index contributed by atoms with van der Waals surface area (Å²) in [4.78, 5) is 8.94. The quantitative estimate of drug-likeness (QED) is 0.923. The van der Waals surface area contributed by atoms with E-state index in [0.717, 1.165) is 31.4 Å². The second-order valence-corrected chi connectivity index (χ2v) is 5.32. The lowest BCUT2D eigenvalue weighted by molar-refractivity contribution is -0.0166. The van der Waals surface area contributed by atoms with Gasteiger partial charge in [0.2, 0.25) is 0 Å². The number of anilines is 1. The molecule has 1 heterocycles. The zero-order chi connectivity index (χ0) is 13.2. The normalized spacial score (nSPS) is 18.2. The average molecular weight is 316 g/mol.